The summed E-state index contributed by atoms with van der Waals surface area (Å²) in [6, 6.07) is 0.366. The predicted octanol–water partition coefficient (Wildman–Crippen LogP) is 1.92. The van der Waals surface area contributed by atoms with E-state index < -0.39 is 4.92 Å². The van der Waals surface area contributed by atoms with Crippen molar-refractivity contribution >= 4 is 11.6 Å². The number of likely N-dealkylation sites (tertiary alicyclic amines) is 1. The van der Waals surface area contributed by atoms with Crippen LogP contribution in [0, 0.1) is 17.0 Å². The fourth-order valence-electron chi connectivity index (χ4n) is 2.65. The van der Waals surface area contributed by atoms with E-state index in [-0.39, 0.29) is 5.82 Å². The zero-order valence-electron chi connectivity index (χ0n) is 12.4. The van der Waals surface area contributed by atoms with Gasteiger partial charge in [-0.05, 0) is 42.8 Å². The molecule has 1 aromatic rings. The fourth-order valence-corrected chi connectivity index (χ4v) is 2.65. The van der Waals surface area contributed by atoms with Crippen LogP contribution in [0.25, 0.3) is 0 Å². The Kier molecular flexibility index (Phi) is 4.59. The van der Waals surface area contributed by atoms with Gasteiger partial charge in [0.25, 0.3) is 0 Å². The monoisotopic (exact) mass is 281 g/mol. The maximum Gasteiger partial charge on any atom is 0.406 e. The molecule has 1 unspecified atom stereocenters. The summed E-state index contributed by atoms with van der Waals surface area (Å²) >= 11 is 0. The van der Waals surface area contributed by atoms with Crippen molar-refractivity contribution in [2.75, 3.05) is 25.0 Å². The SMILES string of the molecule is Cc1nc([N+](=O)[O-])c(NCC(C)N2CCCCC2)n1C. The fraction of sp³-hybridized carbons (Fsp3) is 0.769. The Labute approximate surface area is 119 Å². The number of piperidine rings is 1. The topological polar surface area (TPSA) is 76.2 Å². The molecule has 1 fully saturated rings. The molecule has 1 N–H and O–H groups in total. The van der Waals surface area contributed by atoms with Crippen LogP contribution in [0.5, 0.6) is 0 Å². The third kappa shape index (κ3) is 3.09. The lowest BCUT2D eigenvalue weighted by atomic mass is 10.1. The Morgan fingerprint density at radius 2 is 2.05 bits per heavy atom. The molecule has 0 aromatic carbocycles. The van der Waals surface area contributed by atoms with Gasteiger partial charge in [-0.2, -0.15) is 0 Å². The van der Waals surface area contributed by atoms with Crippen LogP contribution < -0.4 is 5.32 Å². The summed E-state index contributed by atoms with van der Waals surface area (Å²) in [4.78, 5) is 17.0. The first-order valence-electron chi connectivity index (χ1n) is 7.16. The standard InChI is InChI=1S/C13H23N5O2/c1-10(17-7-5-4-6-8-17)9-14-12-13(18(19)20)15-11(2)16(12)3/h10,14H,4-9H2,1-3H3. The van der Waals surface area contributed by atoms with Gasteiger partial charge in [0.05, 0.1) is 0 Å². The predicted molar refractivity (Wildman–Crippen MR) is 78.0 cm³/mol. The van der Waals surface area contributed by atoms with Gasteiger partial charge in [0, 0.05) is 26.6 Å². The number of nitro groups is 1. The molecule has 1 saturated heterocycles. The van der Waals surface area contributed by atoms with Gasteiger partial charge in [-0.25, -0.2) is 0 Å². The summed E-state index contributed by atoms with van der Waals surface area (Å²) in [5, 5.41) is 14.2. The summed E-state index contributed by atoms with van der Waals surface area (Å²) in [5.74, 6) is 1.05. The van der Waals surface area contributed by atoms with Crippen molar-refractivity contribution in [2.24, 2.45) is 7.05 Å². The van der Waals surface area contributed by atoms with Gasteiger partial charge < -0.3 is 15.4 Å². The van der Waals surface area contributed by atoms with Gasteiger partial charge in [0.15, 0.2) is 0 Å². The minimum atomic E-state index is -0.430. The number of aromatic nitrogens is 2. The van der Waals surface area contributed by atoms with E-state index in [4.69, 9.17) is 0 Å². The molecule has 0 aliphatic carbocycles. The normalized spacial score (nSPS) is 17.9. The van der Waals surface area contributed by atoms with Crippen molar-refractivity contribution in [3.63, 3.8) is 0 Å². The summed E-state index contributed by atoms with van der Waals surface area (Å²) in [6.45, 7) is 6.87. The molecule has 1 aliphatic rings. The number of anilines is 1. The highest BCUT2D eigenvalue weighted by molar-refractivity contribution is 5.53. The molecule has 0 amide bonds. The maximum atomic E-state index is 11.0. The van der Waals surface area contributed by atoms with Gasteiger partial charge in [-0.1, -0.05) is 6.42 Å². The van der Waals surface area contributed by atoms with Gasteiger partial charge in [-0.3, -0.25) is 9.47 Å². The van der Waals surface area contributed by atoms with E-state index in [0.29, 0.717) is 24.2 Å². The Hall–Kier alpha value is -1.63. The molecule has 0 bridgehead atoms. The van der Waals surface area contributed by atoms with Crippen molar-refractivity contribution in [3.05, 3.63) is 15.9 Å². The molecule has 0 spiro atoms. The molecule has 112 valence electrons. The highest BCUT2D eigenvalue weighted by Gasteiger charge is 2.24. The van der Waals surface area contributed by atoms with E-state index in [1.807, 2.05) is 0 Å². The van der Waals surface area contributed by atoms with Gasteiger partial charge >= 0.3 is 5.82 Å². The average Bonchev–Trinajstić information content (AvgIpc) is 2.73. The molecule has 2 heterocycles. The molecular weight excluding hydrogens is 258 g/mol. The number of nitrogens with one attached hydrogen (secondary N) is 1. The third-order valence-electron chi connectivity index (χ3n) is 4.05. The second-order valence-corrected chi connectivity index (χ2v) is 5.47. The van der Waals surface area contributed by atoms with E-state index in [9.17, 15) is 10.1 Å². The summed E-state index contributed by atoms with van der Waals surface area (Å²) in [5.41, 5.74) is 0. The molecule has 7 heteroatoms. The van der Waals surface area contributed by atoms with Crippen LogP contribution in [-0.4, -0.2) is 45.1 Å². The largest absolute Gasteiger partial charge is 0.406 e. The Morgan fingerprint density at radius 3 is 2.65 bits per heavy atom. The zero-order chi connectivity index (χ0) is 14.7. The molecule has 20 heavy (non-hydrogen) atoms. The first-order valence-corrected chi connectivity index (χ1v) is 7.16. The van der Waals surface area contributed by atoms with Crippen LogP contribution in [0.1, 0.15) is 32.0 Å². The summed E-state index contributed by atoms with van der Waals surface area (Å²) in [7, 11) is 1.79. The van der Waals surface area contributed by atoms with E-state index in [2.05, 4.69) is 22.1 Å². The van der Waals surface area contributed by atoms with Crippen molar-refractivity contribution in [2.45, 2.75) is 39.2 Å². The van der Waals surface area contributed by atoms with Crippen molar-refractivity contribution in [1.82, 2.24) is 14.5 Å². The van der Waals surface area contributed by atoms with Gasteiger partial charge in [0.2, 0.25) is 11.6 Å². The second kappa shape index (κ2) is 6.21. The van der Waals surface area contributed by atoms with Gasteiger partial charge in [0.1, 0.15) is 0 Å². The average molecular weight is 281 g/mol. The third-order valence-corrected chi connectivity index (χ3v) is 4.05. The minimum Gasteiger partial charge on any atom is -0.363 e. The van der Waals surface area contributed by atoms with Crippen LogP contribution in [0.4, 0.5) is 11.6 Å². The number of imidazole rings is 1. The molecule has 1 atom stereocenters. The molecule has 0 radical (unpaired) electrons. The molecule has 1 aliphatic heterocycles. The maximum absolute atomic E-state index is 11.0. The van der Waals surface area contributed by atoms with E-state index in [1.54, 1.807) is 18.5 Å². The smallest absolute Gasteiger partial charge is 0.363 e. The van der Waals surface area contributed by atoms with Crippen LogP contribution >= 0.6 is 0 Å². The Bertz CT molecular complexity index is 479. The Morgan fingerprint density at radius 1 is 1.40 bits per heavy atom. The number of hydrogen-bond acceptors (Lipinski definition) is 5. The van der Waals surface area contributed by atoms with Crippen molar-refractivity contribution in [3.8, 4) is 0 Å². The van der Waals surface area contributed by atoms with Gasteiger partial charge in [-0.15, -0.1) is 0 Å². The molecular formula is C13H23N5O2. The van der Waals surface area contributed by atoms with E-state index >= 15 is 0 Å². The number of aryl methyl sites for hydroxylation is 1. The molecule has 1 aromatic heterocycles. The van der Waals surface area contributed by atoms with E-state index in [0.717, 1.165) is 13.1 Å². The Balaban J connectivity index is 2.01. The number of rotatable bonds is 5. The van der Waals surface area contributed by atoms with Crippen molar-refractivity contribution in [1.29, 1.82) is 0 Å². The van der Waals surface area contributed by atoms with Crippen molar-refractivity contribution < 1.29 is 4.92 Å². The number of hydrogen-bond donors (Lipinski definition) is 1. The van der Waals surface area contributed by atoms with Crippen LogP contribution in [0.3, 0.4) is 0 Å². The molecule has 2 rings (SSSR count). The lowest BCUT2D eigenvalue weighted by Crippen LogP contribution is -2.41. The highest BCUT2D eigenvalue weighted by Crippen LogP contribution is 2.24. The van der Waals surface area contributed by atoms with Crippen LogP contribution in [-0.2, 0) is 7.05 Å². The summed E-state index contributed by atoms with van der Waals surface area (Å²) < 4.78 is 1.74. The highest BCUT2D eigenvalue weighted by atomic mass is 16.6. The first-order chi connectivity index (χ1) is 9.50. The van der Waals surface area contributed by atoms with E-state index in [1.165, 1.54) is 19.3 Å². The second-order valence-electron chi connectivity index (χ2n) is 5.47. The summed E-state index contributed by atoms with van der Waals surface area (Å²) in [6.07, 6.45) is 3.80. The quantitative estimate of drug-likeness (QED) is 0.659. The zero-order valence-corrected chi connectivity index (χ0v) is 12.4. The first kappa shape index (κ1) is 14.8. The molecule has 0 saturated carbocycles. The van der Waals surface area contributed by atoms with Crippen LogP contribution in [0.15, 0.2) is 0 Å². The van der Waals surface area contributed by atoms with Crippen LogP contribution in [0.2, 0.25) is 0 Å². The molecule has 7 nitrogen and oxygen atoms in total. The lowest BCUT2D eigenvalue weighted by molar-refractivity contribution is -0.388. The lowest BCUT2D eigenvalue weighted by Gasteiger charge is -2.32. The number of nitrogens with zero attached hydrogens (tertiary/aromatic N) is 4. The minimum absolute atomic E-state index is 0.0872.